The first-order valence-electron chi connectivity index (χ1n) is 9.10. The van der Waals surface area contributed by atoms with E-state index in [1.54, 1.807) is 68.3 Å². The molecule has 1 aromatic carbocycles. The Bertz CT molecular complexity index is 1070. The molecule has 1 amide bonds. The molecule has 2 heterocycles. The summed E-state index contributed by atoms with van der Waals surface area (Å²) in [4.78, 5) is 25.1. The molecule has 9 nitrogen and oxygen atoms in total. The molecule has 0 bridgehead atoms. The molecule has 1 unspecified atom stereocenters. The van der Waals surface area contributed by atoms with E-state index in [1.165, 1.54) is 11.1 Å². The summed E-state index contributed by atoms with van der Waals surface area (Å²) in [7, 11) is 3.16. The zero-order valence-electron chi connectivity index (χ0n) is 17.3. The van der Waals surface area contributed by atoms with Gasteiger partial charge in [0, 0.05) is 43.0 Å². The fourth-order valence-corrected chi connectivity index (χ4v) is 2.58. The maximum absolute atomic E-state index is 12.2. The fraction of sp³-hybridized carbons (Fsp3) is 0.190. The highest BCUT2D eigenvalue weighted by Gasteiger charge is 2.18. The number of hydrogen-bond donors (Lipinski definition) is 4. The van der Waals surface area contributed by atoms with Crippen LogP contribution in [0.1, 0.15) is 18.1 Å². The first kappa shape index (κ1) is 23.5. The summed E-state index contributed by atoms with van der Waals surface area (Å²) in [6.45, 7) is 1.57. The minimum Gasteiger partial charge on any atom is -0.381 e. The number of carbonyl (C=O) groups is 1. The number of rotatable bonds is 4. The molecule has 0 aliphatic rings. The third-order valence-corrected chi connectivity index (χ3v) is 4.14. The Labute approximate surface area is 184 Å². The van der Waals surface area contributed by atoms with Crippen molar-refractivity contribution < 1.29 is 9.90 Å². The molecule has 0 saturated carbocycles. The zero-order chi connectivity index (χ0) is 22.8. The minimum atomic E-state index is -0.763. The average Bonchev–Trinajstić information content (AvgIpc) is 3.31. The Morgan fingerprint density at radius 1 is 1.32 bits per heavy atom. The van der Waals surface area contributed by atoms with E-state index in [1.807, 2.05) is 5.38 Å². The van der Waals surface area contributed by atoms with Gasteiger partial charge in [0.2, 0.25) is 5.95 Å². The van der Waals surface area contributed by atoms with Crippen LogP contribution in [0.25, 0.3) is 0 Å². The molecule has 3 rings (SSSR count). The molecule has 3 aromatic rings. The number of anilines is 3. The van der Waals surface area contributed by atoms with Crippen molar-refractivity contribution in [1.82, 2.24) is 19.9 Å². The van der Waals surface area contributed by atoms with Crippen molar-refractivity contribution >= 4 is 40.4 Å². The van der Waals surface area contributed by atoms with Gasteiger partial charge < -0.3 is 21.1 Å². The number of hydrogen-bond acceptors (Lipinski definition) is 9. The first-order valence-corrected chi connectivity index (χ1v) is 10.0. The molecule has 0 spiro atoms. The second kappa shape index (κ2) is 11.4. The van der Waals surface area contributed by atoms with Crippen molar-refractivity contribution in [2.45, 2.75) is 13.0 Å². The lowest BCUT2D eigenvalue weighted by molar-refractivity contribution is -0.121. The van der Waals surface area contributed by atoms with E-state index in [4.69, 9.17) is 11.1 Å². The maximum Gasteiger partial charge on any atom is 0.271 e. The Kier molecular flexibility index (Phi) is 8.63. The third-order valence-electron chi connectivity index (χ3n) is 3.62. The van der Waals surface area contributed by atoms with Crippen molar-refractivity contribution in [3.8, 4) is 11.8 Å². The maximum atomic E-state index is 12.2. The van der Waals surface area contributed by atoms with Crippen molar-refractivity contribution in [2.75, 3.05) is 25.1 Å². The molecule has 0 fully saturated rings. The number of carbonyl (C=O) groups excluding carboxylic acids is 1. The fourth-order valence-electron chi connectivity index (χ4n) is 2.23. The van der Waals surface area contributed by atoms with Crippen LogP contribution in [0.3, 0.4) is 0 Å². The van der Waals surface area contributed by atoms with E-state index < -0.39 is 12.0 Å². The number of amides is 1. The predicted molar refractivity (Wildman–Crippen MR) is 122 cm³/mol. The lowest BCUT2D eigenvalue weighted by Gasteiger charge is -2.15. The number of nitrogens with two attached hydrogens (primary N) is 1. The van der Waals surface area contributed by atoms with Crippen LogP contribution in [0.5, 0.6) is 0 Å². The van der Waals surface area contributed by atoms with Gasteiger partial charge in [-0.1, -0.05) is 11.8 Å². The Morgan fingerprint density at radius 2 is 2.10 bits per heavy atom. The third kappa shape index (κ3) is 7.50. The molecular formula is C21H23N7O2S. The molecule has 5 N–H and O–H groups in total. The first-order chi connectivity index (χ1) is 14.8. The monoisotopic (exact) mass is 437 g/mol. The van der Waals surface area contributed by atoms with E-state index in [0.29, 0.717) is 22.6 Å². The molecule has 1 atom stereocenters. The van der Waals surface area contributed by atoms with Gasteiger partial charge in [0.1, 0.15) is 17.6 Å². The number of aliphatic hydroxyl groups excluding tert-OH is 1. The van der Waals surface area contributed by atoms with Gasteiger partial charge in [-0.15, -0.1) is 11.3 Å². The van der Waals surface area contributed by atoms with E-state index in [9.17, 15) is 9.90 Å². The van der Waals surface area contributed by atoms with Gasteiger partial charge in [-0.2, -0.15) is 4.98 Å². The smallest absolute Gasteiger partial charge is 0.271 e. The number of nitrogens with one attached hydrogen (secondary N) is 2. The Balaban J connectivity index is 0.000000597. The lowest BCUT2D eigenvalue weighted by Crippen LogP contribution is -2.30. The summed E-state index contributed by atoms with van der Waals surface area (Å²) in [5, 5.41) is 22.5. The van der Waals surface area contributed by atoms with E-state index in [-0.39, 0.29) is 11.7 Å². The Hall–Kier alpha value is -3.81. The Morgan fingerprint density at radius 3 is 2.65 bits per heavy atom. The van der Waals surface area contributed by atoms with Crippen molar-refractivity contribution in [3.63, 3.8) is 0 Å². The van der Waals surface area contributed by atoms with Gasteiger partial charge in [0.05, 0.1) is 11.2 Å². The molecule has 0 saturated heterocycles. The second-order valence-electron chi connectivity index (χ2n) is 6.38. The van der Waals surface area contributed by atoms with Crippen LogP contribution in [0.4, 0.5) is 17.5 Å². The molecule has 160 valence electrons. The van der Waals surface area contributed by atoms with Crippen LogP contribution in [0.15, 0.2) is 47.5 Å². The van der Waals surface area contributed by atoms with E-state index >= 15 is 0 Å². The number of thiazole rings is 1. The van der Waals surface area contributed by atoms with Gasteiger partial charge in [-0.05, 0) is 31.2 Å². The van der Waals surface area contributed by atoms with Gasteiger partial charge in [0.25, 0.3) is 5.91 Å². The molecule has 0 aliphatic heterocycles. The highest BCUT2D eigenvalue weighted by atomic mass is 32.1. The molecule has 2 aromatic heterocycles. The molecule has 31 heavy (non-hydrogen) atoms. The number of aromatic nitrogens is 3. The van der Waals surface area contributed by atoms with Gasteiger partial charge >= 0.3 is 0 Å². The highest BCUT2D eigenvalue weighted by molar-refractivity contribution is 7.07. The number of likely N-dealkylation sites (N-methyl/N-ethyl adjacent to an activating group) is 1. The van der Waals surface area contributed by atoms with Gasteiger partial charge in [-0.3, -0.25) is 15.2 Å². The zero-order valence-corrected chi connectivity index (χ0v) is 18.1. The second-order valence-corrected chi connectivity index (χ2v) is 7.14. The van der Waals surface area contributed by atoms with Crippen LogP contribution in [0, 0.1) is 17.3 Å². The normalized spacial score (nSPS) is 10.6. The topological polar surface area (TPSA) is 141 Å². The average molecular weight is 438 g/mol. The van der Waals surface area contributed by atoms with Crippen molar-refractivity contribution in [2.24, 2.45) is 0 Å². The summed E-state index contributed by atoms with van der Waals surface area (Å²) in [5.41, 5.74) is 8.69. The summed E-state index contributed by atoms with van der Waals surface area (Å²) in [6.07, 6.45) is 2.50. The lowest BCUT2D eigenvalue weighted by atomic mass is 10.0. The highest BCUT2D eigenvalue weighted by Crippen LogP contribution is 2.23. The number of benzene rings is 1. The molecule has 0 aliphatic carbocycles. The van der Waals surface area contributed by atoms with Gasteiger partial charge in [-0.25, -0.2) is 4.98 Å². The van der Waals surface area contributed by atoms with Crippen LogP contribution >= 0.6 is 11.3 Å². The number of nitrogens with zero attached hydrogens (tertiary/aromatic N) is 4. The van der Waals surface area contributed by atoms with Crippen LogP contribution in [-0.4, -0.2) is 56.8 Å². The van der Waals surface area contributed by atoms with Crippen LogP contribution in [-0.2, 0) is 4.79 Å². The summed E-state index contributed by atoms with van der Waals surface area (Å²) in [5.74, 6) is 5.58. The molecular weight excluding hydrogens is 414 g/mol. The molecule has 10 heteroatoms. The number of nitrogen functional groups attached to an aromatic ring is 1. The number of aliphatic hydroxyl groups is 1. The molecule has 0 radical (unpaired) electrons. The standard InChI is InChI=1S/C18H20N6O2.C3H3NS/c1-11(25)4-5-12-6-7-13(16(19)17(26)24(2)3)14(10-12)22-15-8-9-21-18(20)23-15;1-2-5-3-4-1/h6-11,19,25H,1-3H3,(H3,20,21,22,23);1-3H. The summed E-state index contributed by atoms with van der Waals surface area (Å²) >= 11 is 1.60. The van der Waals surface area contributed by atoms with E-state index in [0.717, 1.165) is 0 Å². The predicted octanol–water partition coefficient (Wildman–Crippen LogP) is 2.13. The minimum absolute atomic E-state index is 0.0982. The van der Waals surface area contributed by atoms with Crippen molar-refractivity contribution in [3.05, 3.63) is 58.7 Å². The van der Waals surface area contributed by atoms with Gasteiger partial charge in [0.15, 0.2) is 0 Å². The summed E-state index contributed by atoms with van der Waals surface area (Å²) in [6, 6.07) is 6.61. The van der Waals surface area contributed by atoms with Crippen LogP contribution < -0.4 is 11.1 Å². The quantitative estimate of drug-likeness (QED) is 0.362. The van der Waals surface area contributed by atoms with Crippen LogP contribution in [0.2, 0.25) is 0 Å². The van der Waals surface area contributed by atoms with E-state index in [2.05, 4.69) is 32.1 Å². The SMILES string of the molecule is CC(O)C#Cc1ccc(C(=N)C(=O)N(C)C)c(Nc2ccnc(N)n2)c1.c1cscn1. The van der Waals surface area contributed by atoms with Crippen molar-refractivity contribution in [1.29, 1.82) is 5.41 Å². The largest absolute Gasteiger partial charge is 0.381 e. The summed E-state index contributed by atoms with van der Waals surface area (Å²) < 4.78 is 0.